The van der Waals surface area contributed by atoms with E-state index in [2.05, 4.69) is 9.97 Å². The Labute approximate surface area is 104 Å². The fourth-order valence-electron chi connectivity index (χ4n) is 1.66. The fourth-order valence-corrected chi connectivity index (χ4v) is 2.59. The summed E-state index contributed by atoms with van der Waals surface area (Å²) in [6.45, 7) is 5.91. The molecule has 0 fully saturated rings. The summed E-state index contributed by atoms with van der Waals surface area (Å²) in [5.41, 5.74) is 2.56. The van der Waals surface area contributed by atoms with Crippen molar-refractivity contribution in [3.05, 3.63) is 45.2 Å². The van der Waals surface area contributed by atoms with Gasteiger partial charge in [0, 0.05) is 21.0 Å². The lowest BCUT2D eigenvalue weighted by Gasteiger charge is -1.92. The first kappa shape index (κ1) is 11.8. The van der Waals surface area contributed by atoms with Crippen LogP contribution in [-0.4, -0.2) is 15.8 Å². The van der Waals surface area contributed by atoms with Crippen LogP contribution in [0.3, 0.4) is 0 Å². The Bertz CT molecular complexity index is 578. The maximum Gasteiger partial charge on any atom is 0.187 e. The molecule has 1 N–H and O–H groups in total. The number of aryl methyl sites for hydroxylation is 3. The minimum absolute atomic E-state index is 0.0363. The number of carbonyl (C=O) groups is 1. The molecule has 0 bridgehead atoms. The van der Waals surface area contributed by atoms with E-state index in [1.807, 2.05) is 26.8 Å². The normalized spacial score (nSPS) is 11.2. The molecule has 0 unspecified atom stereocenters. The van der Waals surface area contributed by atoms with E-state index in [1.54, 1.807) is 29.8 Å². The van der Waals surface area contributed by atoms with Crippen LogP contribution in [0.4, 0.5) is 0 Å². The standard InChI is InChI=1S/C13H14N2OS/c1-8-6-11(10(3)17-8)13(16)5-4-12-9(2)14-7-15-12/h4-7H,1-3H3,(H,14,15). The van der Waals surface area contributed by atoms with Crippen molar-refractivity contribution in [2.75, 3.05) is 0 Å². The van der Waals surface area contributed by atoms with Crippen molar-refractivity contribution in [3.63, 3.8) is 0 Å². The van der Waals surface area contributed by atoms with Gasteiger partial charge in [-0.2, -0.15) is 0 Å². The third-order valence-corrected chi connectivity index (χ3v) is 3.53. The van der Waals surface area contributed by atoms with Gasteiger partial charge in [0.05, 0.1) is 12.0 Å². The molecule has 0 saturated heterocycles. The number of thiophene rings is 1. The molecule has 0 saturated carbocycles. The van der Waals surface area contributed by atoms with Crippen molar-refractivity contribution in [1.29, 1.82) is 0 Å². The molecule has 88 valence electrons. The van der Waals surface area contributed by atoms with Crippen molar-refractivity contribution in [2.24, 2.45) is 0 Å². The van der Waals surface area contributed by atoms with E-state index in [4.69, 9.17) is 0 Å². The Morgan fingerprint density at radius 1 is 1.41 bits per heavy atom. The molecule has 0 aromatic carbocycles. The molecule has 0 amide bonds. The van der Waals surface area contributed by atoms with Gasteiger partial charge in [-0.3, -0.25) is 4.79 Å². The van der Waals surface area contributed by atoms with E-state index in [-0.39, 0.29) is 5.78 Å². The van der Waals surface area contributed by atoms with Gasteiger partial charge in [-0.05, 0) is 39.0 Å². The second kappa shape index (κ2) is 4.67. The lowest BCUT2D eigenvalue weighted by molar-refractivity contribution is 0.104. The van der Waals surface area contributed by atoms with Crippen molar-refractivity contribution < 1.29 is 4.79 Å². The van der Waals surface area contributed by atoms with Crippen molar-refractivity contribution in [1.82, 2.24) is 9.97 Å². The summed E-state index contributed by atoms with van der Waals surface area (Å²) in [7, 11) is 0. The molecule has 2 rings (SSSR count). The quantitative estimate of drug-likeness (QED) is 0.667. The summed E-state index contributed by atoms with van der Waals surface area (Å²) in [5, 5.41) is 0. The average molecular weight is 246 g/mol. The number of nitrogens with zero attached hydrogens (tertiary/aromatic N) is 1. The van der Waals surface area contributed by atoms with Crippen LogP contribution in [-0.2, 0) is 0 Å². The molecule has 0 aliphatic heterocycles. The first-order chi connectivity index (χ1) is 8.08. The van der Waals surface area contributed by atoms with Gasteiger partial charge in [-0.1, -0.05) is 0 Å². The molecule has 17 heavy (non-hydrogen) atoms. The molecule has 2 heterocycles. The molecule has 0 radical (unpaired) electrons. The highest BCUT2D eigenvalue weighted by molar-refractivity contribution is 7.12. The first-order valence-corrected chi connectivity index (χ1v) is 6.19. The summed E-state index contributed by atoms with van der Waals surface area (Å²) >= 11 is 1.65. The highest BCUT2D eigenvalue weighted by Crippen LogP contribution is 2.21. The number of H-pyrrole nitrogens is 1. The summed E-state index contributed by atoms with van der Waals surface area (Å²) in [4.78, 5) is 21.3. The van der Waals surface area contributed by atoms with Crippen molar-refractivity contribution >= 4 is 23.2 Å². The third kappa shape index (κ3) is 2.53. The summed E-state index contributed by atoms with van der Waals surface area (Å²) in [6.07, 6.45) is 4.96. The van der Waals surface area contributed by atoms with Crippen molar-refractivity contribution in [3.8, 4) is 0 Å². The largest absolute Gasteiger partial charge is 0.348 e. The number of imidazole rings is 1. The predicted molar refractivity (Wildman–Crippen MR) is 70.5 cm³/mol. The number of hydrogen-bond donors (Lipinski definition) is 1. The third-order valence-electron chi connectivity index (χ3n) is 2.57. The van der Waals surface area contributed by atoms with E-state index < -0.39 is 0 Å². The van der Waals surface area contributed by atoms with Crippen LogP contribution >= 0.6 is 11.3 Å². The van der Waals surface area contributed by atoms with Gasteiger partial charge in [0.1, 0.15) is 0 Å². The van der Waals surface area contributed by atoms with Gasteiger partial charge in [0.15, 0.2) is 5.78 Å². The fraction of sp³-hybridized carbons (Fsp3) is 0.231. The zero-order chi connectivity index (χ0) is 12.4. The maximum absolute atomic E-state index is 12.0. The van der Waals surface area contributed by atoms with E-state index in [9.17, 15) is 4.79 Å². The average Bonchev–Trinajstić information content (AvgIpc) is 2.81. The molecule has 0 aliphatic rings. The lowest BCUT2D eigenvalue weighted by atomic mass is 10.1. The lowest BCUT2D eigenvalue weighted by Crippen LogP contribution is -1.93. The predicted octanol–water partition coefficient (Wildman–Crippen LogP) is 3.29. The number of aromatic amines is 1. The van der Waals surface area contributed by atoms with Gasteiger partial charge < -0.3 is 4.98 Å². The molecule has 2 aromatic heterocycles. The van der Waals surface area contributed by atoms with Gasteiger partial charge in [0.2, 0.25) is 0 Å². The van der Waals surface area contributed by atoms with Crippen LogP contribution in [0.25, 0.3) is 6.08 Å². The monoisotopic (exact) mass is 246 g/mol. The Morgan fingerprint density at radius 3 is 2.71 bits per heavy atom. The number of nitrogens with one attached hydrogen (secondary N) is 1. The maximum atomic E-state index is 12.0. The van der Waals surface area contributed by atoms with Crippen LogP contribution in [0.2, 0.25) is 0 Å². The topological polar surface area (TPSA) is 45.8 Å². The molecule has 0 aliphatic carbocycles. The zero-order valence-electron chi connectivity index (χ0n) is 10.1. The van der Waals surface area contributed by atoms with Crippen LogP contribution in [0, 0.1) is 20.8 Å². The van der Waals surface area contributed by atoms with E-state index in [1.165, 1.54) is 0 Å². The highest BCUT2D eigenvalue weighted by atomic mass is 32.1. The number of aromatic nitrogens is 2. The van der Waals surface area contributed by atoms with Crippen LogP contribution in [0.15, 0.2) is 18.5 Å². The number of rotatable bonds is 3. The van der Waals surface area contributed by atoms with Crippen LogP contribution < -0.4 is 0 Å². The van der Waals surface area contributed by atoms with Crippen LogP contribution in [0.5, 0.6) is 0 Å². The molecular weight excluding hydrogens is 232 g/mol. The Morgan fingerprint density at radius 2 is 2.18 bits per heavy atom. The number of ketones is 1. The van der Waals surface area contributed by atoms with Gasteiger partial charge in [-0.15, -0.1) is 11.3 Å². The smallest absolute Gasteiger partial charge is 0.187 e. The molecule has 4 heteroatoms. The summed E-state index contributed by atoms with van der Waals surface area (Å²) in [5.74, 6) is 0.0363. The second-order valence-corrected chi connectivity index (χ2v) is 5.40. The number of carbonyl (C=O) groups excluding carboxylic acids is 1. The summed E-state index contributed by atoms with van der Waals surface area (Å²) < 4.78 is 0. The molecule has 0 spiro atoms. The minimum Gasteiger partial charge on any atom is -0.348 e. The minimum atomic E-state index is 0.0363. The number of hydrogen-bond acceptors (Lipinski definition) is 3. The second-order valence-electron chi connectivity index (χ2n) is 3.94. The van der Waals surface area contributed by atoms with Crippen LogP contribution in [0.1, 0.15) is 31.5 Å². The zero-order valence-corrected chi connectivity index (χ0v) is 10.9. The van der Waals surface area contributed by atoms with E-state index in [0.29, 0.717) is 0 Å². The first-order valence-electron chi connectivity index (χ1n) is 5.37. The molecule has 0 atom stereocenters. The Kier molecular flexibility index (Phi) is 3.24. The molecular formula is C13H14N2OS. The number of allylic oxidation sites excluding steroid dienone is 1. The van der Waals surface area contributed by atoms with E-state index >= 15 is 0 Å². The van der Waals surface area contributed by atoms with Crippen molar-refractivity contribution in [2.45, 2.75) is 20.8 Å². The highest BCUT2D eigenvalue weighted by Gasteiger charge is 2.09. The van der Waals surface area contributed by atoms with E-state index in [0.717, 1.165) is 26.7 Å². The van der Waals surface area contributed by atoms with Gasteiger partial charge >= 0.3 is 0 Å². The Balaban J connectivity index is 2.20. The molecule has 3 nitrogen and oxygen atoms in total. The SMILES string of the molecule is Cc1cc(C(=O)C=Cc2nc[nH]c2C)c(C)s1. The summed E-state index contributed by atoms with van der Waals surface area (Å²) in [6, 6.07) is 1.93. The van der Waals surface area contributed by atoms with Gasteiger partial charge in [-0.25, -0.2) is 4.98 Å². The van der Waals surface area contributed by atoms with Gasteiger partial charge in [0.25, 0.3) is 0 Å². The Hall–Kier alpha value is -1.68. The molecule has 2 aromatic rings.